The smallest absolute Gasteiger partial charge is 0.161 e. The van der Waals surface area contributed by atoms with Crippen LogP contribution in [0.25, 0.3) is 0 Å². The van der Waals surface area contributed by atoms with E-state index in [1.807, 2.05) is 13.1 Å². The van der Waals surface area contributed by atoms with E-state index in [2.05, 4.69) is 5.32 Å². The lowest BCUT2D eigenvalue weighted by atomic mass is 9.88. The fraction of sp³-hybridized carbons (Fsp3) is 0.647. The molecule has 4 heteroatoms. The van der Waals surface area contributed by atoms with Gasteiger partial charge in [-0.1, -0.05) is 31.7 Å². The van der Waals surface area contributed by atoms with E-state index in [9.17, 15) is 10.2 Å². The van der Waals surface area contributed by atoms with E-state index in [-0.39, 0.29) is 23.7 Å². The van der Waals surface area contributed by atoms with Gasteiger partial charge in [0.2, 0.25) is 0 Å². The predicted octanol–water partition coefficient (Wildman–Crippen LogP) is 2.88. The Hall–Kier alpha value is -1.26. The first-order valence-corrected chi connectivity index (χ1v) is 8.02. The number of rotatable bonds is 4. The predicted molar refractivity (Wildman–Crippen MR) is 81.6 cm³/mol. The zero-order valence-electron chi connectivity index (χ0n) is 12.6. The molecule has 3 N–H and O–H groups in total. The summed E-state index contributed by atoms with van der Waals surface area (Å²) < 4.78 is 6.25. The third kappa shape index (κ3) is 3.01. The van der Waals surface area contributed by atoms with E-state index in [1.165, 1.54) is 25.7 Å². The van der Waals surface area contributed by atoms with Gasteiger partial charge in [-0.2, -0.15) is 0 Å². The maximum Gasteiger partial charge on any atom is 0.161 e. The minimum atomic E-state index is -0.0448. The standard InChI is InChI=1S/C17H25NO3/c1-18-10-16-13-6-7-15(19)17(20)14(13)9-12(21-16)8-11-4-2-3-5-11/h6-7,11-12,16,18-20H,2-5,8-10H2,1H3. The van der Waals surface area contributed by atoms with Crippen LogP contribution in [0.2, 0.25) is 0 Å². The molecule has 0 saturated heterocycles. The summed E-state index contributed by atoms with van der Waals surface area (Å²) in [4.78, 5) is 0. The lowest BCUT2D eigenvalue weighted by Gasteiger charge is -2.34. The first kappa shape index (κ1) is 14.7. The molecule has 1 aliphatic heterocycles. The molecule has 1 saturated carbocycles. The molecule has 1 heterocycles. The van der Waals surface area contributed by atoms with E-state index < -0.39 is 0 Å². The second-order valence-electron chi connectivity index (χ2n) is 6.40. The van der Waals surface area contributed by atoms with Crippen molar-refractivity contribution in [3.8, 4) is 11.5 Å². The van der Waals surface area contributed by atoms with Gasteiger partial charge in [-0.05, 0) is 31.0 Å². The van der Waals surface area contributed by atoms with Gasteiger partial charge in [0, 0.05) is 18.5 Å². The molecule has 2 unspecified atom stereocenters. The zero-order valence-corrected chi connectivity index (χ0v) is 12.6. The Kier molecular flexibility index (Phi) is 4.36. The summed E-state index contributed by atoms with van der Waals surface area (Å²) in [6.07, 6.45) is 7.13. The van der Waals surface area contributed by atoms with Gasteiger partial charge in [0.15, 0.2) is 11.5 Å². The quantitative estimate of drug-likeness (QED) is 0.747. The van der Waals surface area contributed by atoms with Crippen LogP contribution in [-0.4, -0.2) is 29.9 Å². The SMILES string of the molecule is CNCC1OC(CC2CCCC2)Cc2c1ccc(O)c2O. The molecule has 1 aliphatic carbocycles. The summed E-state index contributed by atoms with van der Waals surface area (Å²) in [5.41, 5.74) is 1.87. The van der Waals surface area contributed by atoms with E-state index in [1.54, 1.807) is 6.07 Å². The van der Waals surface area contributed by atoms with Crippen molar-refractivity contribution in [3.63, 3.8) is 0 Å². The number of aromatic hydroxyl groups is 2. The minimum absolute atomic E-state index is 0.0292. The maximum atomic E-state index is 10.2. The molecular weight excluding hydrogens is 266 g/mol. The molecule has 3 rings (SSSR count). The lowest BCUT2D eigenvalue weighted by Crippen LogP contribution is -2.32. The summed E-state index contributed by atoms with van der Waals surface area (Å²) >= 11 is 0. The van der Waals surface area contributed by atoms with Crippen LogP contribution < -0.4 is 5.32 Å². The van der Waals surface area contributed by atoms with E-state index in [0.29, 0.717) is 6.42 Å². The molecule has 0 bridgehead atoms. The van der Waals surface area contributed by atoms with Crippen LogP contribution >= 0.6 is 0 Å². The monoisotopic (exact) mass is 291 g/mol. The minimum Gasteiger partial charge on any atom is -0.504 e. The van der Waals surface area contributed by atoms with Gasteiger partial charge in [0.05, 0.1) is 12.2 Å². The molecule has 0 spiro atoms. The Labute approximate surface area is 126 Å². The number of hydrogen-bond donors (Lipinski definition) is 3. The summed E-state index contributed by atoms with van der Waals surface area (Å²) in [7, 11) is 1.91. The molecule has 2 atom stereocenters. The molecule has 2 aliphatic rings. The summed E-state index contributed by atoms with van der Waals surface area (Å²) in [5, 5.41) is 23.1. The first-order valence-electron chi connectivity index (χ1n) is 8.02. The number of phenols is 2. The van der Waals surface area contributed by atoms with E-state index >= 15 is 0 Å². The highest BCUT2D eigenvalue weighted by atomic mass is 16.5. The molecular formula is C17H25NO3. The number of ether oxygens (including phenoxy) is 1. The molecule has 1 aromatic carbocycles. The molecule has 1 aromatic rings. The first-order chi connectivity index (χ1) is 10.2. The Morgan fingerprint density at radius 2 is 2.00 bits per heavy atom. The molecule has 0 radical (unpaired) electrons. The van der Waals surface area contributed by atoms with Crippen molar-refractivity contribution in [2.24, 2.45) is 5.92 Å². The molecule has 116 valence electrons. The molecule has 21 heavy (non-hydrogen) atoms. The Balaban J connectivity index is 1.82. The number of benzene rings is 1. The second kappa shape index (κ2) is 6.24. The van der Waals surface area contributed by atoms with Crippen LogP contribution in [0.1, 0.15) is 49.3 Å². The second-order valence-corrected chi connectivity index (χ2v) is 6.40. The third-order valence-corrected chi connectivity index (χ3v) is 4.89. The molecule has 0 aromatic heterocycles. The number of nitrogens with one attached hydrogen (secondary N) is 1. The Morgan fingerprint density at radius 1 is 1.24 bits per heavy atom. The Bertz CT molecular complexity index is 497. The summed E-state index contributed by atoms with van der Waals surface area (Å²) in [6.45, 7) is 0.721. The van der Waals surface area contributed by atoms with Crippen LogP contribution in [0.4, 0.5) is 0 Å². The van der Waals surface area contributed by atoms with E-state index in [4.69, 9.17) is 4.74 Å². The number of likely N-dealkylation sites (N-methyl/N-ethyl adjacent to an activating group) is 1. The van der Waals surface area contributed by atoms with Gasteiger partial charge < -0.3 is 20.3 Å². The number of hydrogen-bond acceptors (Lipinski definition) is 4. The van der Waals surface area contributed by atoms with Gasteiger partial charge in [0.1, 0.15) is 0 Å². The largest absolute Gasteiger partial charge is 0.504 e. The van der Waals surface area contributed by atoms with Gasteiger partial charge in [0.25, 0.3) is 0 Å². The molecule has 4 nitrogen and oxygen atoms in total. The maximum absolute atomic E-state index is 10.2. The van der Waals surface area contributed by atoms with Crippen molar-refractivity contribution < 1.29 is 14.9 Å². The van der Waals surface area contributed by atoms with Crippen LogP contribution in [0.3, 0.4) is 0 Å². The lowest BCUT2D eigenvalue weighted by molar-refractivity contribution is -0.0355. The average molecular weight is 291 g/mol. The van der Waals surface area contributed by atoms with Gasteiger partial charge >= 0.3 is 0 Å². The number of fused-ring (bicyclic) bond motifs is 1. The summed E-state index contributed by atoms with van der Waals surface area (Å²) in [5.74, 6) is 0.762. The topological polar surface area (TPSA) is 61.7 Å². The fourth-order valence-corrected chi connectivity index (χ4v) is 3.84. The highest BCUT2D eigenvalue weighted by molar-refractivity contribution is 5.51. The van der Waals surface area contributed by atoms with Crippen molar-refractivity contribution in [2.75, 3.05) is 13.6 Å². The van der Waals surface area contributed by atoms with Crippen LogP contribution in [0, 0.1) is 5.92 Å². The van der Waals surface area contributed by atoms with Gasteiger partial charge in [-0.15, -0.1) is 0 Å². The average Bonchev–Trinajstić information content (AvgIpc) is 2.97. The fourth-order valence-electron chi connectivity index (χ4n) is 3.84. The van der Waals surface area contributed by atoms with Crippen LogP contribution in [-0.2, 0) is 11.2 Å². The van der Waals surface area contributed by atoms with Crippen molar-refractivity contribution >= 4 is 0 Å². The number of phenolic OH excluding ortho intramolecular Hbond substituents is 2. The van der Waals surface area contributed by atoms with Gasteiger partial charge in [-0.25, -0.2) is 0 Å². The van der Waals surface area contributed by atoms with E-state index in [0.717, 1.165) is 30.0 Å². The van der Waals surface area contributed by atoms with Gasteiger partial charge in [-0.3, -0.25) is 0 Å². The zero-order chi connectivity index (χ0) is 14.8. The third-order valence-electron chi connectivity index (χ3n) is 4.89. The highest BCUT2D eigenvalue weighted by Gasteiger charge is 2.32. The van der Waals surface area contributed by atoms with Crippen molar-refractivity contribution in [1.82, 2.24) is 5.32 Å². The highest BCUT2D eigenvalue weighted by Crippen LogP contribution is 2.42. The van der Waals surface area contributed by atoms with Crippen molar-refractivity contribution in [3.05, 3.63) is 23.3 Å². The Morgan fingerprint density at radius 3 is 2.71 bits per heavy atom. The van der Waals surface area contributed by atoms with Crippen LogP contribution in [0.5, 0.6) is 11.5 Å². The summed E-state index contributed by atoms with van der Waals surface area (Å²) in [6, 6.07) is 3.43. The molecule has 1 fully saturated rings. The van der Waals surface area contributed by atoms with Crippen LogP contribution in [0.15, 0.2) is 12.1 Å². The van der Waals surface area contributed by atoms with Crippen molar-refractivity contribution in [2.45, 2.75) is 50.7 Å². The normalized spacial score (nSPS) is 26.0. The molecule has 0 amide bonds. The van der Waals surface area contributed by atoms with Crippen molar-refractivity contribution in [1.29, 1.82) is 0 Å².